The van der Waals surface area contributed by atoms with Crippen molar-refractivity contribution in [3.05, 3.63) is 182 Å². The summed E-state index contributed by atoms with van der Waals surface area (Å²) >= 11 is 0. The van der Waals surface area contributed by atoms with Crippen molar-refractivity contribution in [3.8, 4) is 0 Å². The van der Waals surface area contributed by atoms with Crippen LogP contribution in [-0.4, -0.2) is 49.3 Å². The molecule has 2 unspecified atom stereocenters. The summed E-state index contributed by atoms with van der Waals surface area (Å²) in [5, 5.41) is 0. The molecule has 10 heteroatoms. The van der Waals surface area contributed by atoms with Crippen molar-refractivity contribution in [2.45, 2.75) is 328 Å². The summed E-state index contributed by atoms with van der Waals surface area (Å²) in [6.45, 7) is 3.51. The van der Waals surface area contributed by atoms with Gasteiger partial charge >= 0.3 is 19.8 Å². The van der Waals surface area contributed by atoms with Crippen molar-refractivity contribution in [1.82, 2.24) is 0 Å². The largest absolute Gasteiger partial charge is 0.472 e. The van der Waals surface area contributed by atoms with Gasteiger partial charge in [-0.25, -0.2) is 4.57 Å². The molecular weight excluding hydrogens is 1220 g/mol. The van der Waals surface area contributed by atoms with E-state index >= 15 is 0 Å². The molecule has 0 radical (unpaired) electrons. The van der Waals surface area contributed by atoms with Crippen molar-refractivity contribution in [2.75, 3.05) is 26.4 Å². The topological polar surface area (TPSA) is 134 Å². The fraction of sp³-hybridized carbons (Fsp3) is 0.632. The molecular formula is C87H144NO8P. The third kappa shape index (κ3) is 80.0. The molecule has 0 aromatic rings. The molecule has 0 aliphatic heterocycles. The summed E-state index contributed by atoms with van der Waals surface area (Å²) in [6, 6.07) is 0. The second-order valence-electron chi connectivity index (χ2n) is 25.5. The van der Waals surface area contributed by atoms with Gasteiger partial charge in [-0.1, -0.05) is 357 Å². The number of allylic oxidation sites excluding steroid dienone is 30. The second kappa shape index (κ2) is 80.1. The molecule has 2 atom stereocenters. The number of phosphoric ester groups is 1. The monoisotopic (exact) mass is 1360 g/mol. The maximum atomic E-state index is 12.8. The van der Waals surface area contributed by atoms with Crippen LogP contribution in [-0.2, 0) is 32.7 Å². The summed E-state index contributed by atoms with van der Waals surface area (Å²) in [7, 11) is -4.41. The van der Waals surface area contributed by atoms with Crippen molar-refractivity contribution < 1.29 is 37.6 Å². The van der Waals surface area contributed by atoms with Crippen molar-refractivity contribution in [1.29, 1.82) is 0 Å². The average Bonchev–Trinajstić information content (AvgIpc) is 2.88. The number of nitrogens with two attached hydrogens (primary N) is 1. The van der Waals surface area contributed by atoms with Crippen LogP contribution in [0.4, 0.5) is 0 Å². The van der Waals surface area contributed by atoms with Crippen LogP contribution in [0.5, 0.6) is 0 Å². The Morgan fingerprint density at radius 2 is 0.536 bits per heavy atom. The van der Waals surface area contributed by atoms with Gasteiger partial charge < -0.3 is 20.1 Å². The van der Waals surface area contributed by atoms with Crippen LogP contribution in [0.3, 0.4) is 0 Å². The molecule has 0 aliphatic carbocycles. The average molecular weight is 1360 g/mol. The van der Waals surface area contributed by atoms with Crippen molar-refractivity contribution >= 4 is 19.8 Å². The maximum Gasteiger partial charge on any atom is 0.472 e. The highest BCUT2D eigenvalue weighted by Crippen LogP contribution is 2.43. The first-order valence-electron chi connectivity index (χ1n) is 39.3. The van der Waals surface area contributed by atoms with E-state index in [2.05, 4.69) is 196 Å². The Bertz CT molecular complexity index is 2250. The number of esters is 2. The molecule has 0 amide bonds. The van der Waals surface area contributed by atoms with Gasteiger partial charge in [0.15, 0.2) is 6.10 Å². The van der Waals surface area contributed by atoms with Gasteiger partial charge in [0.2, 0.25) is 0 Å². The van der Waals surface area contributed by atoms with Gasteiger partial charge in [0.05, 0.1) is 13.2 Å². The zero-order valence-corrected chi connectivity index (χ0v) is 62.9. The SMILES string of the molecule is CC/C=C\C/C=C\C/C=C\C/C=C\C/C=C\C/C=C\C/C=C\C/C=C\C/C=C\C/C=C\C/C=C\CCCCCCCC(=O)OC(COC(=O)CCCCCCCCCCCCCCCCCCCCCCCCCC/C=C\C/C=C\C/C=C\C/C=C\CC)COP(=O)(O)OCCN. The van der Waals surface area contributed by atoms with Crippen molar-refractivity contribution in [2.24, 2.45) is 5.73 Å². The smallest absolute Gasteiger partial charge is 0.462 e. The highest BCUT2D eigenvalue weighted by molar-refractivity contribution is 7.47. The number of unbranched alkanes of at least 4 members (excludes halogenated alkanes) is 29. The zero-order valence-electron chi connectivity index (χ0n) is 62.0. The van der Waals surface area contributed by atoms with Gasteiger partial charge in [0, 0.05) is 19.4 Å². The van der Waals surface area contributed by atoms with Crippen LogP contribution in [0.2, 0.25) is 0 Å². The summed E-state index contributed by atoms with van der Waals surface area (Å²) in [4.78, 5) is 35.4. The Hall–Kier alpha value is -4.89. The molecule has 0 bridgehead atoms. The molecule has 9 nitrogen and oxygen atoms in total. The molecule has 0 heterocycles. The standard InChI is InChI=1S/C87H144NO8P/c1-3-5-7-9-11-13-15-17-19-21-23-25-27-29-31-33-35-37-39-41-42-44-46-48-50-52-54-56-58-60-62-64-66-68-70-72-74-76-78-80-87(90)96-85(84-95-97(91,92)94-82-81-88)83-93-86(89)79-77-75-73-71-69-67-65-63-61-59-57-55-53-51-49-47-45-43-40-38-36-34-32-30-28-26-24-22-20-18-16-14-12-10-8-6-4-2/h5-8,11-14,17-20,23-26,29,31,35,37,41-42,46,48,52,54,58,60,64,66,85H,3-4,9-10,15-16,21-22,27-28,30,32-34,36,38-40,43-45,47,49-51,53,55-57,59,61-63,65,67-84,88H2,1-2H3,(H,91,92)/b7-5-,8-6-,13-11-,14-12-,19-17-,20-18-,25-23-,26-24-,31-29-,37-35-,42-41-,48-46-,54-52-,60-58-,66-64-. The van der Waals surface area contributed by atoms with E-state index in [0.29, 0.717) is 6.42 Å². The first-order chi connectivity index (χ1) is 47.8. The molecule has 550 valence electrons. The second-order valence-corrected chi connectivity index (χ2v) is 26.9. The Balaban J connectivity index is 3.92. The van der Waals surface area contributed by atoms with E-state index in [9.17, 15) is 19.0 Å². The minimum atomic E-state index is -4.41. The van der Waals surface area contributed by atoms with Crippen molar-refractivity contribution in [3.63, 3.8) is 0 Å². The predicted octanol–water partition coefficient (Wildman–Crippen LogP) is 26.6. The molecule has 0 aromatic carbocycles. The van der Waals surface area contributed by atoms with Crippen LogP contribution < -0.4 is 5.73 Å². The number of carbonyl (C=O) groups excluding carboxylic acids is 2. The fourth-order valence-corrected chi connectivity index (χ4v) is 11.3. The van der Waals surface area contributed by atoms with E-state index in [1.54, 1.807) is 0 Å². The molecule has 0 aliphatic rings. The molecule has 0 spiro atoms. The third-order valence-electron chi connectivity index (χ3n) is 16.3. The number of phosphoric acid groups is 1. The van der Waals surface area contributed by atoms with E-state index in [1.807, 2.05) is 0 Å². The predicted molar refractivity (Wildman–Crippen MR) is 422 cm³/mol. The Labute approximate surface area is 596 Å². The van der Waals surface area contributed by atoms with E-state index in [-0.39, 0.29) is 38.6 Å². The summed E-state index contributed by atoms with van der Waals surface area (Å²) in [6.07, 6.45) is 120. The molecule has 0 rings (SSSR count). The summed E-state index contributed by atoms with van der Waals surface area (Å²) in [5.74, 6) is -0.850. The minimum Gasteiger partial charge on any atom is -0.462 e. The van der Waals surface area contributed by atoms with Gasteiger partial charge in [-0.05, 0) is 135 Å². The van der Waals surface area contributed by atoms with E-state index in [0.717, 1.165) is 148 Å². The Morgan fingerprint density at radius 3 is 0.794 bits per heavy atom. The lowest BCUT2D eigenvalue weighted by molar-refractivity contribution is -0.161. The molecule has 97 heavy (non-hydrogen) atoms. The number of hydrogen-bond donors (Lipinski definition) is 2. The van der Waals surface area contributed by atoms with Crippen LogP contribution in [0.15, 0.2) is 182 Å². The molecule has 0 aromatic heterocycles. The van der Waals surface area contributed by atoms with Gasteiger partial charge in [-0.15, -0.1) is 0 Å². The van der Waals surface area contributed by atoms with Crippen LogP contribution >= 0.6 is 7.82 Å². The third-order valence-corrected chi connectivity index (χ3v) is 17.3. The Morgan fingerprint density at radius 1 is 0.309 bits per heavy atom. The van der Waals surface area contributed by atoms with E-state index < -0.39 is 26.5 Å². The minimum absolute atomic E-state index is 0.0427. The first kappa shape index (κ1) is 92.1. The maximum absolute atomic E-state index is 12.8. The summed E-state index contributed by atoms with van der Waals surface area (Å²) < 4.78 is 33.2. The number of carbonyl (C=O) groups is 2. The highest BCUT2D eigenvalue weighted by Gasteiger charge is 2.26. The lowest BCUT2D eigenvalue weighted by Crippen LogP contribution is -2.29. The normalized spacial score (nSPS) is 13.9. The fourth-order valence-electron chi connectivity index (χ4n) is 10.6. The van der Waals surface area contributed by atoms with Gasteiger partial charge in [-0.3, -0.25) is 18.6 Å². The molecule has 0 fully saturated rings. The van der Waals surface area contributed by atoms with Crippen LogP contribution in [0.1, 0.15) is 322 Å². The van der Waals surface area contributed by atoms with Gasteiger partial charge in [0.1, 0.15) is 6.61 Å². The number of rotatable bonds is 72. The van der Waals surface area contributed by atoms with Gasteiger partial charge in [-0.2, -0.15) is 0 Å². The van der Waals surface area contributed by atoms with E-state index in [1.165, 1.54) is 141 Å². The highest BCUT2D eigenvalue weighted by atomic mass is 31.2. The quantitative estimate of drug-likeness (QED) is 0.0264. The summed E-state index contributed by atoms with van der Waals surface area (Å²) in [5.41, 5.74) is 5.41. The molecule has 3 N–H and O–H groups in total. The zero-order chi connectivity index (χ0) is 70.0. The Kier molecular flexibility index (Phi) is 76.1. The molecule has 0 saturated heterocycles. The van der Waals surface area contributed by atoms with E-state index in [4.69, 9.17) is 24.3 Å². The molecule has 0 saturated carbocycles. The van der Waals surface area contributed by atoms with Crippen LogP contribution in [0.25, 0.3) is 0 Å². The van der Waals surface area contributed by atoms with Gasteiger partial charge in [0.25, 0.3) is 0 Å². The number of hydrogen-bond acceptors (Lipinski definition) is 8. The lowest BCUT2D eigenvalue weighted by Gasteiger charge is -2.19. The lowest BCUT2D eigenvalue weighted by atomic mass is 10.0. The first-order valence-corrected chi connectivity index (χ1v) is 40.8. The van der Waals surface area contributed by atoms with Crippen LogP contribution in [0, 0.1) is 0 Å². The number of ether oxygens (including phenoxy) is 2.